The predicted octanol–water partition coefficient (Wildman–Crippen LogP) is 3.38. The van der Waals surface area contributed by atoms with Crippen LogP contribution in [0.1, 0.15) is 19.8 Å². The SMILES string of the molecule is C=CCCCn1ccnc1-c1nc(N)c2nc(OCC)n(CC(=C)C=C)c2n1. The Balaban J connectivity index is 2.10. The molecule has 8 nitrogen and oxygen atoms in total. The second kappa shape index (κ2) is 8.51. The van der Waals surface area contributed by atoms with Gasteiger partial charge >= 0.3 is 0 Å². The highest BCUT2D eigenvalue weighted by Crippen LogP contribution is 2.27. The third-order valence-electron chi connectivity index (χ3n) is 4.23. The Labute approximate surface area is 164 Å². The molecule has 0 saturated heterocycles. The first kappa shape index (κ1) is 19.3. The molecule has 3 heterocycles. The third-order valence-corrected chi connectivity index (χ3v) is 4.23. The van der Waals surface area contributed by atoms with Crippen LogP contribution in [0.15, 0.2) is 49.9 Å². The molecule has 0 aliphatic carbocycles. The van der Waals surface area contributed by atoms with E-state index in [0.29, 0.717) is 42.0 Å². The molecule has 0 spiro atoms. The lowest BCUT2D eigenvalue weighted by Crippen LogP contribution is -2.08. The number of rotatable bonds is 10. The fourth-order valence-corrected chi connectivity index (χ4v) is 2.85. The van der Waals surface area contributed by atoms with Crippen molar-refractivity contribution in [3.63, 3.8) is 0 Å². The fraction of sp³-hybridized carbons (Fsp3) is 0.300. The Hall–Kier alpha value is -3.42. The quantitative estimate of drug-likeness (QED) is 0.329. The number of nitrogen functional groups attached to an aromatic ring is 1. The number of ether oxygens (including phenoxy) is 1. The summed E-state index contributed by atoms with van der Waals surface area (Å²) in [6, 6.07) is 0.424. The van der Waals surface area contributed by atoms with Gasteiger partial charge in [0.1, 0.15) is 0 Å². The highest BCUT2D eigenvalue weighted by molar-refractivity contribution is 5.84. The summed E-state index contributed by atoms with van der Waals surface area (Å²) in [7, 11) is 0. The van der Waals surface area contributed by atoms with Crippen LogP contribution in [0.4, 0.5) is 5.82 Å². The number of unbranched alkanes of at least 4 members (excludes halogenated alkanes) is 1. The monoisotopic (exact) mass is 379 g/mol. The molecule has 146 valence electrons. The number of nitrogens with two attached hydrogens (primary N) is 1. The smallest absolute Gasteiger partial charge is 0.299 e. The van der Waals surface area contributed by atoms with Crippen molar-refractivity contribution >= 4 is 17.0 Å². The summed E-state index contributed by atoms with van der Waals surface area (Å²) in [5, 5.41) is 0. The van der Waals surface area contributed by atoms with Crippen LogP contribution in [0.5, 0.6) is 6.01 Å². The van der Waals surface area contributed by atoms with Gasteiger partial charge in [0.05, 0.1) is 13.2 Å². The van der Waals surface area contributed by atoms with Crippen molar-refractivity contribution in [1.29, 1.82) is 0 Å². The van der Waals surface area contributed by atoms with Crippen LogP contribution in [-0.4, -0.2) is 35.7 Å². The number of nitrogens with zero attached hydrogens (tertiary/aromatic N) is 6. The van der Waals surface area contributed by atoms with E-state index in [1.54, 1.807) is 12.3 Å². The summed E-state index contributed by atoms with van der Waals surface area (Å²) < 4.78 is 9.50. The van der Waals surface area contributed by atoms with Crippen molar-refractivity contribution in [3.05, 3.63) is 49.9 Å². The second-order valence-electron chi connectivity index (χ2n) is 6.26. The normalized spacial score (nSPS) is 10.9. The van der Waals surface area contributed by atoms with E-state index in [1.165, 1.54) is 0 Å². The molecule has 8 heteroatoms. The van der Waals surface area contributed by atoms with E-state index in [4.69, 9.17) is 15.5 Å². The van der Waals surface area contributed by atoms with E-state index in [-0.39, 0.29) is 5.82 Å². The van der Waals surface area contributed by atoms with E-state index in [1.807, 2.05) is 28.3 Å². The average Bonchev–Trinajstić information content (AvgIpc) is 3.28. The minimum absolute atomic E-state index is 0.282. The van der Waals surface area contributed by atoms with E-state index < -0.39 is 0 Å². The summed E-state index contributed by atoms with van der Waals surface area (Å²) in [4.78, 5) is 18.0. The molecular weight excluding hydrogens is 354 g/mol. The number of allylic oxidation sites excluding steroid dienone is 3. The standard InChI is InChI=1S/C20H25N7O/c1-5-8-9-11-26-12-10-22-19(26)17-24-16(21)15-18(25-17)27(13-14(4)6-2)20(23-15)28-7-3/h5-6,10,12H,1-2,4,7-9,11,13H2,3H3,(H2,21,24,25). The molecular formula is C20H25N7O. The van der Waals surface area contributed by atoms with Gasteiger partial charge in [-0.05, 0) is 25.3 Å². The van der Waals surface area contributed by atoms with Crippen molar-refractivity contribution in [1.82, 2.24) is 29.1 Å². The average molecular weight is 379 g/mol. The van der Waals surface area contributed by atoms with Crippen LogP contribution < -0.4 is 10.5 Å². The summed E-state index contributed by atoms with van der Waals surface area (Å²) >= 11 is 0. The molecule has 0 aliphatic heterocycles. The van der Waals surface area contributed by atoms with Gasteiger partial charge in [-0.25, -0.2) is 15.0 Å². The largest absolute Gasteiger partial charge is 0.465 e. The van der Waals surface area contributed by atoms with Gasteiger partial charge < -0.3 is 15.0 Å². The number of aromatic nitrogens is 6. The highest BCUT2D eigenvalue weighted by atomic mass is 16.5. The van der Waals surface area contributed by atoms with E-state index >= 15 is 0 Å². The maximum absolute atomic E-state index is 6.20. The molecule has 0 atom stereocenters. The highest BCUT2D eigenvalue weighted by Gasteiger charge is 2.20. The lowest BCUT2D eigenvalue weighted by atomic mass is 10.3. The van der Waals surface area contributed by atoms with Crippen molar-refractivity contribution in [3.8, 4) is 17.7 Å². The van der Waals surface area contributed by atoms with E-state index in [9.17, 15) is 0 Å². The Morgan fingerprint density at radius 3 is 2.82 bits per heavy atom. The maximum atomic E-state index is 6.20. The molecule has 0 fully saturated rings. The minimum Gasteiger partial charge on any atom is -0.465 e. The molecule has 0 amide bonds. The number of hydrogen-bond donors (Lipinski definition) is 1. The van der Waals surface area contributed by atoms with Gasteiger partial charge in [0.15, 0.2) is 28.6 Å². The Kier molecular flexibility index (Phi) is 5.88. The Morgan fingerprint density at radius 2 is 2.11 bits per heavy atom. The molecule has 0 aliphatic rings. The zero-order chi connectivity index (χ0) is 20.1. The minimum atomic E-state index is 0.282. The Morgan fingerprint density at radius 1 is 1.29 bits per heavy atom. The maximum Gasteiger partial charge on any atom is 0.299 e. The second-order valence-corrected chi connectivity index (χ2v) is 6.26. The van der Waals surface area contributed by atoms with Crippen LogP contribution in [-0.2, 0) is 13.1 Å². The summed E-state index contributed by atoms with van der Waals surface area (Å²) in [5.74, 6) is 1.39. The van der Waals surface area contributed by atoms with Crippen molar-refractivity contribution in [2.45, 2.75) is 32.9 Å². The van der Waals surface area contributed by atoms with Crippen molar-refractivity contribution < 1.29 is 4.74 Å². The fourth-order valence-electron chi connectivity index (χ4n) is 2.85. The molecule has 2 N–H and O–H groups in total. The third kappa shape index (κ3) is 3.80. The van der Waals surface area contributed by atoms with Gasteiger partial charge in [-0.3, -0.25) is 4.57 Å². The summed E-state index contributed by atoms with van der Waals surface area (Å²) in [5.41, 5.74) is 8.08. The van der Waals surface area contributed by atoms with Gasteiger partial charge in [-0.1, -0.05) is 25.3 Å². The van der Waals surface area contributed by atoms with Gasteiger partial charge in [0.25, 0.3) is 6.01 Å². The van der Waals surface area contributed by atoms with Gasteiger partial charge in [-0.15, -0.1) is 6.58 Å². The van der Waals surface area contributed by atoms with Gasteiger partial charge in [0, 0.05) is 18.9 Å². The first-order valence-corrected chi connectivity index (χ1v) is 9.18. The molecule has 28 heavy (non-hydrogen) atoms. The summed E-state index contributed by atoms with van der Waals surface area (Å²) in [6.07, 6.45) is 9.11. The number of anilines is 1. The first-order valence-electron chi connectivity index (χ1n) is 9.18. The van der Waals surface area contributed by atoms with E-state index in [0.717, 1.165) is 25.0 Å². The molecule has 0 unspecified atom stereocenters. The molecule has 0 radical (unpaired) electrons. The zero-order valence-electron chi connectivity index (χ0n) is 16.1. The molecule has 0 aromatic carbocycles. The topological polar surface area (TPSA) is 96.7 Å². The molecule has 3 aromatic heterocycles. The van der Waals surface area contributed by atoms with Gasteiger partial charge in [0.2, 0.25) is 0 Å². The molecule has 0 saturated carbocycles. The van der Waals surface area contributed by atoms with Crippen LogP contribution in [0.3, 0.4) is 0 Å². The van der Waals surface area contributed by atoms with Crippen molar-refractivity contribution in [2.75, 3.05) is 12.3 Å². The van der Waals surface area contributed by atoms with Crippen LogP contribution in [0.2, 0.25) is 0 Å². The summed E-state index contributed by atoms with van der Waals surface area (Å²) in [6.45, 7) is 15.1. The van der Waals surface area contributed by atoms with Gasteiger partial charge in [-0.2, -0.15) is 4.98 Å². The molecule has 3 aromatic rings. The van der Waals surface area contributed by atoms with Crippen LogP contribution in [0, 0.1) is 0 Å². The van der Waals surface area contributed by atoms with Crippen LogP contribution in [0.25, 0.3) is 22.8 Å². The lowest BCUT2D eigenvalue weighted by Gasteiger charge is -2.10. The van der Waals surface area contributed by atoms with Crippen LogP contribution >= 0.6 is 0 Å². The number of imidazole rings is 2. The Bertz CT molecular complexity index is 1020. The zero-order valence-corrected chi connectivity index (χ0v) is 16.1. The lowest BCUT2D eigenvalue weighted by molar-refractivity contribution is 0.301. The molecule has 3 rings (SSSR count). The van der Waals surface area contributed by atoms with Crippen molar-refractivity contribution in [2.24, 2.45) is 0 Å². The predicted molar refractivity (Wildman–Crippen MR) is 111 cm³/mol. The number of aryl methyl sites for hydroxylation is 1. The first-order chi connectivity index (χ1) is 13.6. The molecule has 0 bridgehead atoms. The number of hydrogen-bond acceptors (Lipinski definition) is 6. The number of fused-ring (bicyclic) bond motifs is 1. The van der Waals surface area contributed by atoms with E-state index in [2.05, 4.69) is 34.7 Å².